The second kappa shape index (κ2) is 49.1. The van der Waals surface area contributed by atoms with Gasteiger partial charge in [0.05, 0.1) is 115 Å². The third-order valence-corrected chi connectivity index (χ3v) is 20.8. The predicted molar refractivity (Wildman–Crippen MR) is 493 cm³/mol. The summed E-state index contributed by atoms with van der Waals surface area (Å²) in [7, 11) is 2.25. The minimum Gasteiger partial charge on any atom is -1.00 e. The molecule has 10 aromatic heterocycles. The number of benzene rings is 5. The number of aliphatic hydroxyl groups is 2. The van der Waals surface area contributed by atoms with Crippen LogP contribution in [-0.2, 0) is 15.1 Å². The van der Waals surface area contributed by atoms with Crippen LogP contribution in [0.1, 0.15) is 193 Å². The summed E-state index contributed by atoms with van der Waals surface area (Å²) in [5.41, 5.74) is 12.8. The molecule has 38 heteroatoms. The topological polar surface area (TPSA) is 311 Å². The van der Waals surface area contributed by atoms with Gasteiger partial charge in [-0.3, -0.25) is 9.59 Å². The summed E-state index contributed by atoms with van der Waals surface area (Å²) in [5.74, 6) is 2.25. The van der Waals surface area contributed by atoms with E-state index in [9.17, 15) is 41.8 Å². The minimum absolute atomic E-state index is 0. The van der Waals surface area contributed by atoms with Crippen LogP contribution < -0.4 is 34.0 Å². The van der Waals surface area contributed by atoms with Crippen molar-refractivity contribution in [3.05, 3.63) is 231 Å². The van der Waals surface area contributed by atoms with Crippen molar-refractivity contribution in [2.45, 2.75) is 160 Å². The van der Waals surface area contributed by atoms with Gasteiger partial charge in [0.15, 0.2) is 12.1 Å². The Morgan fingerprint density at radius 1 is 0.485 bits per heavy atom. The fourth-order valence-corrected chi connectivity index (χ4v) is 14.2. The van der Waals surface area contributed by atoms with Gasteiger partial charge in [-0.1, -0.05) is 13.2 Å². The van der Waals surface area contributed by atoms with Crippen molar-refractivity contribution in [3.8, 4) is 56.9 Å². The standard InChI is InChI=1S/C17H17FN4O.C16H15FN4O.C16H13FN4O.C16H13FN4.C15H11FN4O.2C4H8O.CH2Cl2.CH5P.2CH3.2BrH.2Mg/c1-17(2,23)15-7-10(9-19-21-15)16-20-13-6-3-11(18)8-14(13)22(16)12-4-5-12;2*1-9(22)14-6-10(8-18-20-14)16-19-13-5-2-11(17)7-15(13)21(16)12-3-4-12;1-2-12-7-10(9-18-20-12)16-19-14-6-3-11(17)8-15(14)21(16)13-4-5-13;16-10-1-4-13-14(6-10)20(12-2-3-12)15(18-13)9-5-11(8-21)19-17-7-9;2*1-2-4-5-3-1;2-1-3;1-2;;;;;;/h3,6-9,12,23H,4-5H2,1-2H3;2,5-9,12,22H,3-4H2,1H3;2,5-8,12H,3-4H2,1H3;2-3,6-9,13H,1,4-5H2;1,4-8,12H,2-3H2;2*1-4H2;1H2;2H2,1H3;2*1H3;2*1H;;/q;;;;;;;;;2*-1;;;2*+2/p-2/i;;;;;;;;1D;;;;;;. The summed E-state index contributed by atoms with van der Waals surface area (Å²) in [6.07, 6.45) is 25.5. The second-order valence-corrected chi connectivity index (χ2v) is 31.8. The maximum atomic E-state index is 13.6. The Kier molecular flexibility index (Phi) is 39.5. The van der Waals surface area contributed by atoms with Gasteiger partial charge in [0.1, 0.15) is 75.2 Å². The van der Waals surface area contributed by atoms with E-state index < -0.39 is 11.7 Å². The molecule has 0 radical (unpaired) electrons. The first-order valence-electron chi connectivity index (χ1n) is 41.5. The number of carbonyl (C=O) groups excluding carboxylic acids is 2. The van der Waals surface area contributed by atoms with Gasteiger partial charge >= 0.3 is 46.1 Å². The zero-order chi connectivity index (χ0) is 88.0. The second-order valence-electron chi connectivity index (χ2n) is 31.0. The van der Waals surface area contributed by atoms with Crippen molar-refractivity contribution >= 4 is 152 Å². The van der Waals surface area contributed by atoms with Gasteiger partial charge in [0.25, 0.3) is 0 Å². The summed E-state index contributed by atoms with van der Waals surface area (Å²) < 4.78 is 94.3. The van der Waals surface area contributed by atoms with Gasteiger partial charge in [-0.15, -0.1) is 42.6 Å². The van der Waals surface area contributed by atoms with Crippen molar-refractivity contribution in [3.63, 3.8) is 0 Å². The number of hydrogen-bond donors (Lipinski definition) is 2. The molecule has 15 aromatic rings. The Morgan fingerprint density at radius 3 is 1.02 bits per heavy atom. The first-order valence-corrected chi connectivity index (χ1v) is 42.7. The number of carbonyl (C=O) groups is 2. The van der Waals surface area contributed by atoms with Crippen molar-refractivity contribution in [1.29, 1.82) is 0 Å². The Balaban J connectivity index is 0.000000191. The van der Waals surface area contributed by atoms with E-state index in [-0.39, 0.29) is 141 Å². The number of imidazole rings is 5. The quantitative estimate of drug-likeness (QED) is 0.0183. The molecule has 0 bridgehead atoms. The largest absolute Gasteiger partial charge is 2.00 e. The van der Waals surface area contributed by atoms with Gasteiger partial charge in [0, 0.05) is 92.7 Å². The number of halogens is 9. The average Bonchev–Trinajstić information content (AvgIpc) is 1.63. The molecule has 26 nitrogen and oxygen atoms in total. The van der Waals surface area contributed by atoms with Crippen LogP contribution in [-0.4, -0.2) is 206 Å². The molecule has 7 fully saturated rings. The molecule has 0 amide bonds. The van der Waals surface area contributed by atoms with Crippen molar-refractivity contribution < 1.29 is 86.6 Å². The third-order valence-electron chi connectivity index (χ3n) is 20.8. The number of fused-ring (bicyclic) bond motifs is 5. The van der Waals surface area contributed by atoms with Crippen molar-refractivity contribution in [2.75, 3.05) is 38.4 Å². The fraction of sp³-hybridized carbons (Fsp3) is 0.337. The van der Waals surface area contributed by atoms with Crippen molar-refractivity contribution in [2.24, 2.45) is 0 Å². The van der Waals surface area contributed by atoms with Gasteiger partial charge in [0.2, 0.25) is 0 Å². The van der Waals surface area contributed by atoms with Crippen LogP contribution in [0.3, 0.4) is 0 Å². The van der Waals surface area contributed by atoms with E-state index in [4.69, 9.17) is 34.0 Å². The Labute approximate surface area is 816 Å². The van der Waals surface area contributed by atoms with E-state index in [1.54, 1.807) is 118 Å². The summed E-state index contributed by atoms with van der Waals surface area (Å²) in [6, 6.07) is 33.7. The molecule has 7 aliphatic rings. The number of aliphatic hydroxyl groups excluding tert-OH is 1. The summed E-state index contributed by atoms with van der Waals surface area (Å²) in [6.45, 7) is 14.6. The van der Waals surface area contributed by atoms with Crippen LogP contribution >= 0.6 is 32.4 Å². The monoisotopic (exact) mass is 1980 g/mol. The number of alkyl halides is 2. The zero-order valence-corrected chi connectivity index (χ0v) is 81.4. The van der Waals surface area contributed by atoms with Crippen LogP contribution in [0.2, 0.25) is 0 Å². The number of aldehydes is 1. The molecule has 674 valence electrons. The van der Waals surface area contributed by atoms with E-state index in [2.05, 4.69) is 105 Å². The van der Waals surface area contributed by atoms with Crippen LogP contribution in [0.25, 0.3) is 118 Å². The first kappa shape index (κ1) is 105. The molecule has 0 spiro atoms. The van der Waals surface area contributed by atoms with E-state index >= 15 is 0 Å². The molecule has 2 unspecified atom stereocenters. The fourth-order valence-electron chi connectivity index (χ4n) is 14.2. The van der Waals surface area contributed by atoms with Crippen LogP contribution in [0.4, 0.5) is 22.0 Å². The van der Waals surface area contributed by atoms with Crippen LogP contribution in [0.15, 0.2) is 159 Å². The van der Waals surface area contributed by atoms with Crippen molar-refractivity contribution in [1.82, 2.24) is 98.7 Å². The van der Waals surface area contributed by atoms with Gasteiger partial charge < -0.3 is 91.3 Å². The average molecular weight is 1990 g/mol. The molecule has 5 aliphatic carbocycles. The normalized spacial score (nSPS) is 14.7. The number of ether oxygens (including phenoxy) is 2. The molecule has 2 atom stereocenters. The molecule has 5 aromatic carbocycles. The summed E-state index contributed by atoms with van der Waals surface area (Å²) >= 11 is 9.53. The number of ketones is 1. The maximum absolute atomic E-state index is 13.6. The van der Waals surface area contributed by atoms with E-state index in [0.717, 1.165) is 191 Å². The SMILES string of the molecule is C1CCOC1.C1CCOC1.C=Cc1cc(-c2nc3ccc(F)cc3n2C2CC2)cnn1.CC(=O)c1cc(-c2nc3ccc(F)cc3n2C2CC2)cnn1.CC(C)(O)c1cc(-c2nc3ccc(F)cc3n2C2CC2)cnn1.CC(O)c1cc(-c2nc3ccc(F)cc3n2C2CC2)cnn1.ClCCl.O=Cc1cc(-c2nc3ccc(F)cc3n2C2CC2)cnn1.[2H]CP.[Br-].[Br-].[CH3-].[CH3-].[Mg+2].[Mg+2]. The van der Waals surface area contributed by atoms with E-state index in [1.807, 2.05) is 15.2 Å². The minimum atomic E-state index is -1.08. The number of hydrogen-bond acceptors (Lipinski definition) is 21. The Bertz CT molecular complexity index is 6180. The van der Waals surface area contributed by atoms with E-state index in [0.29, 0.717) is 77.6 Å². The smallest absolute Gasteiger partial charge is 1.00 e. The Morgan fingerprint density at radius 2 is 0.754 bits per heavy atom. The number of rotatable bonds is 15. The number of Topliss-reactive ketones (excluding diaryl/α,β-unsaturated/α-hetero) is 1. The molecule has 5 saturated carbocycles. The predicted octanol–water partition coefficient (Wildman–Crippen LogP) is 13.4. The number of aromatic nitrogens is 20. The molecule has 2 N–H and O–H groups in total. The van der Waals surface area contributed by atoms with Gasteiger partial charge in [-0.05, 0) is 238 Å². The zero-order valence-electron chi connectivity index (χ0n) is 73.8. The Hall–Kier alpha value is -9.08. The van der Waals surface area contributed by atoms with E-state index in [1.165, 1.54) is 87.2 Å². The number of nitrogens with zero attached hydrogens (tertiary/aromatic N) is 20. The third kappa shape index (κ3) is 26.7. The molecule has 130 heavy (non-hydrogen) atoms. The molecular formula is C92H98Br2Cl2F5Mg2N20O6P. The van der Waals surface area contributed by atoms with Crippen LogP contribution in [0, 0.1) is 43.9 Å². The molecule has 22 rings (SSSR count). The molecule has 2 aliphatic heterocycles. The summed E-state index contributed by atoms with van der Waals surface area (Å²) in [4.78, 5) is 45.5. The first-order chi connectivity index (χ1) is 60.5. The maximum Gasteiger partial charge on any atom is 2.00 e. The molecule has 12 heterocycles. The summed E-state index contributed by atoms with van der Waals surface area (Å²) in [5, 5.41) is 59.1. The van der Waals surface area contributed by atoms with Crippen LogP contribution in [0.5, 0.6) is 0 Å². The molecule has 2 saturated heterocycles. The van der Waals surface area contributed by atoms with Gasteiger partial charge in [-0.25, -0.2) is 46.9 Å². The molecular weight excluding hydrogens is 1890 g/mol. The van der Waals surface area contributed by atoms with Gasteiger partial charge in [-0.2, -0.15) is 40.8 Å².